The number of hydrogen-bond acceptors (Lipinski definition) is 7. The highest BCUT2D eigenvalue weighted by atomic mass is 16.4. The highest BCUT2D eigenvalue weighted by Gasteiger charge is 2.29. The summed E-state index contributed by atoms with van der Waals surface area (Å²) in [6.45, 7) is 4.88. The second-order valence-corrected chi connectivity index (χ2v) is 7.75. The Hall–Kier alpha value is -3.48. The van der Waals surface area contributed by atoms with Gasteiger partial charge in [-0.15, -0.1) is 0 Å². The molecule has 0 saturated carbocycles. The van der Waals surface area contributed by atoms with E-state index in [4.69, 9.17) is 11.5 Å². The number of aromatic nitrogens is 2. The van der Waals surface area contributed by atoms with Crippen molar-refractivity contribution in [2.24, 2.45) is 17.4 Å². The standard InChI is InChI=1S/C19H31N7O6/c1-9(2)15(21)18(30)26-13(6-11-7-22-8-23-11)17(29)24-10(3)16(28)25-12(19(31)32)4-5-14(20)27/h7-10,12-13,15H,4-6,21H2,1-3H3,(H2,20,27)(H,22,23)(H,24,29)(H,25,28)(H,26,30)(H,31,32). The van der Waals surface area contributed by atoms with Gasteiger partial charge in [0.05, 0.1) is 12.4 Å². The zero-order valence-electron chi connectivity index (χ0n) is 18.3. The third-order valence-corrected chi connectivity index (χ3v) is 4.68. The van der Waals surface area contributed by atoms with E-state index < -0.39 is 53.8 Å². The predicted molar refractivity (Wildman–Crippen MR) is 113 cm³/mol. The van der Waals surface area contributed by atoms with E-state index >= 15 is 0 Å². The van der Waals surface area contributed by atoms with Crippen molar-refractivity contribution in [1.82, 2.24) is 25.9 Å². The van der Waals surface area contributed by atoms with Crippen molar-refractivity contribution in [2.45, 2.75) is 64.2 Å². The van der Waals surface area contributed by atoms with Crippen LogP contribution in [0.4, 0.5) is 0 Å². The zero-order valence-corrected chi connectivity index (χ0v) is 18.3. The summed E-state index contributed by atoms with van der Waals surface area (Å²) in [7, 11) is 0. The van der Waals surface area contributed by atoms with E-state index in [2.05, 4.69) is 25.9 Å². The molecule has 0 saturated heterocycles. The maximum absolute atomic E-state index is 12.8. The molecule has 0 radical (unpaired) electrons. The zero-order chi connectivity index (χ0) is 24.4. The molecule has 0 aromatic carbocycles. The quantitative estimate of drug-likeness (QED) is 0.172. The van der Waals surface area contributed by atoms with Crippen molar-refractivity contribution in [3.8, 4) is 0 Å². The molecular weight excluding hydrogens is 422 g/mol. The molecule has 178 valence electrons. The summed E-state index contributed by atoms with van der Waals surface area (Å²) >= 11 is 0. The van der Waals surface area contributed by atoms with Crippen LogP contribution < -0.4 is 27.4 Å². The molecule has 1 aromatic rings. The molecule has 0 spiro atoms. The fraction of sp³-hybridized carbons (Fsp3) is 0.579. The van der Waals surface area contributed by atoms with E-state index in [1.807, 2.05) is 0 Å². The average Bonchev–Trinajstić information content (AvgIpc) is 3.22. The summed E-state index contributed by atoms with van der Waals surface area (Å²) in [6.07, 6.45) is 2.55. The fourth-order valence-corrected chi connectivity index (χ4v) is 2.62. The first-order valence-corrected chi connectivity index (χ1v) is 10.1. The molecule has 13 nitrogen and oxygen atoms in total. The first-order chi connectivity index (χ1) is 14.9. The molecule has 0 aliphatic rings. The smallest absolute Gasteiger partial charge is 0.326 e. The van der Waals surface area contributed by atoms with E-state index in [1.165, 1.54) is 19.4 Å². The summed E-state index contributed by atoms with van der Waals surface area (Å²) in [5.41, 5.74) is 11.4. The third kappa shape index (κ3) is 8.71. The molecule has 1 aromatic heterocycles. The molecule has 0 aliphatic heterocycles. The van der Waals surface area contributed by atoms with Crippen LogP contribution in [-0.4, -0.2) is 68.8 Å². The van der Waals surface area contributed by atoms with Crippen LogP contribution in [0.5, 0.6) is 0 Å². The molecule has 0 aliphatic carbocycles. The van der Waals surface area contributed by atoms with Crippen LogP contribution in [0.2, 0.25) is 0 Å². The Morgan fingerprint density at radius 3 is 2.16 bits per heavy atom. The molecule has 4 unspecified atom stereocenters. The number of H-pyrrole nitrogens is 1. The number of primary amides is 1. The highest BCUT2D eigenvalue weighted by Crippen LogP contribution is 2.04. The Morgan fingerprint density at radius 2 is 1.66 bits per heavy atom. The maximum atomic E-state index is 12.8. The van der Waals surface area contributed by atoms with Gasteiger partial charge in [0, 0.05) is 24.7 Å². The van der Waals surface area contributed by atoms with Gasteiger partial charge in [-0.05, 0) is 19.3 Å². The summed E-state index contributed by atoms with van der Waals surface area (Å²) < 4.78 is 0. The predicted octanol–water partition coefficient (Wildman–Crippen LogP) is -2.24. The number of amides is 4. The maximum Gasteiger partial charge on any atom is 0.326 e. The van der Waals surface area contributed by atoms with Crippen LogP contribution in [0.25, 0.3) is 0 Å². The van der Waals surface area contributed by atoms with Crippen molar-refractivity contribution in [2.75, 3.05) is 0 Å². The van der Waals surface area contributed by atoms with Crippen molar-refractivity contribution < 1.29 is 29.1 Å². The molecule has 9 N–H and O–H groups in total. The van der Waals surface area contributed by atoms with Gasteiger partial charge in [-0.2, -0.15) is 0 Å². The number of nitrogens with one attached hydrogen (secondary N) is 4. The van der Waals surface area contributed by atoms with Crippen molar-refractivity contribution in [3.63, 3.8) is 0 Å². The Morgan fingerprint density at radius 1 is 1.03 bits per heavy atom. The van der Waals surface area contributed by atoms with Crippen LogP contribution in [-0.2, 0) is 30.4 Å². The van der Waals surface area contributed by atoms with E-state index in [1.54, 1.807) is 13.8 Å². The fourth-order valence-electron chi connectivity index (χ4n) is 2.62. The van der Waals surface area contributed by atoms with Gasteiger partial charge in [-0.25, -0.2) is 9.78 Å². The number of carbonyl (C=O) groups is 5. The van der Waals surface area contributed by atoms with Gasteiger partial charge in [0.2, 0.25) is 23.6 Å². The van der Waals surface area contributed by atoms with Crippen LogP contribution in [0, 0.1) is 5.92 Å². The molecule has 0 fully saturated rings. The molecular formula is C19H31N7O6. The van der Waals surface area contributed by atoms with Crippen LogP contribution in [0.1, 0.15) is 39.3 Å². The minimum absolute atomic E-state index is 0.0626. The van der Waals surface area contributed by atoms with E-state index in [0.29, 0.717) is 5.69 Å². The molecule has 13 heteroatoms. The lowest BCUT2D eigenvalue weighted by molar-refractivity contribution is -0.142. The minimum atomic E-state index is -1.35. The first kappa shape index (κ1) is 26.6. The van der Waals surface area contributed by atoms with Gasteiger partial charge in [0.15, 0.2) is 0 Å². The van der Waals surface area contributed by atoms with Crippen molar-refractivity contribution >= 4 is 29.6 Å². The first-order valence-electron chi connectivity index (χ1n) is 10.1. The van der Waals surface area contributed by atoms with Crippen LogP contribution >= 0.6 is 0 Å². The van der Waals surface area contributed by atoms with Gasteiger partial charge in [-0.3, -0.25) is 19.2 Å². The largest absolute Gasteiger partial charge is 0.480 e. The monoisotopic (exact) mass is 453 g/mol. The normalized spacial score (nSPS) is 14.7. The van der Waals surface area contributed by atoms with Crippen LogP contribution in [0.15, 0.2) is 12.5 Å². The number of nitrogens with zero attached hydrogens (tertiary/aromatic N) is 1. The number of aromatic amines is 1. The van der Waals surface area contributed by atoms with Gasteiger partial charge < -0.3 is 37.5 Å². The molecule has 1 heterocycles. The summed E-state index contributed by atoms with van der Waals surface area (Å²) in [5, 5.41) is 16.5. The van der Waals surface area contributed by atoms with Gasteiger partial charge in [0.25, 0.3) is 0 Å². The summed E-state index contributed by atoms with van der Waals surface area (Å²) in [4.78, 5) is 66.4. The third-order valence-electron chi connectivity index (χ3n) is 4.68. The van der Waals surface area contributed by atoms with Crippen molar-refractivity contribution in [3.05, 3.63) is 18.2 Å². The Balaban J connectivity index is 2.83. The van der Waals surface area contributed by atoms with Gasteiger partial charge >= 0.3 is 5.97 Å². The molecule has 32 heavy (non-hydrogen) atoms. The van der Waals surface area contributed by atoms with Crippen molar-refractivity contribution in [1.29, 1.82) is 0 Å². The number of carboxylic acids is 1. The van der Waals surface area contributed by atoms with Gasteiger partial charge in [-0.1, -0.05) is 13.8 Å². The number of rotatable bonds is 13. The second-order valence-electron chi connectivity index (χ2n) is 7.75. The number of hydrogen-bond donors (Lipinski definition) is 7. The SMILES string of the molecule is CC(NC(=O)C(Cc1cnc[nH]1)NC(=O)C(N)C(C)C)C(=O)NC(CCC(N)=O)C(=O)O. The number of nitrogens with two attached hydrogens (primary N) is 2. The lowest BCUT2D eigenvalue weighted by atomic mass is 10.0. The summed E-state index contributed by atoms with van der Waals surface area (Å²) in [5.74, 6) is -4.19. The lowest BCUT2D eigenvalue weighted by Gasteiger charge is -2.24. The lowest BCUT2D eigenvalue weighted by Crippen LogP contribution is -2.57. The average molecular weight is 454 g/mol. The number of imidazole rings is 1. The van der Waals surface area contributed by atoms with Gasteiger partial charge in [0.1, 0.15) is 18.1 Å². The molecule has 1 rings (SSSR count). The molecule has 0 bridgehead atoms. The topological polar surface area (TPSA) is 222 Å². The molecule has 4 amide bonds. The van der Waals surface area contributed by atoms with Crippen LogP contribution in [0.3, 0.4) is 0 Å². The highest BCUT2D eigenvalue weighted by molar-refractivity contribution is 5.94. The number of carboxylic acid groups (broad SMARTS) is 1. The van der Waals surface area contributed by atoms with E-state index in [-0.39, 0.29) is 25.2 Å². The second kappa shape index (κ2) is 12.4. The Labute approximate surface area is 185 Å². The number of aliphatic carboxylic acids is 1. The van der Waals surface area contributed by atoms with E-state index in [9.17, 15) is 29.1 Å². The van der Waals surface area contributed by atoms with E-state index in [0.717, 1.165) is 0 Å². The number of carbonyl (C=O) groups excluding carboxylic acids is 4. The Bertz CT molecular complexity index is 811. The summed E-state index contributed by atoms with van der Waals surface area (Å²) in [6, 6.07) is -4.38. The minimum Gasteiger partial charge on any atom is -0.480 e. The Kier molecular flexibility index (Phi) is 10.3. The molecule has 4 atom stereocenters.